The Labute approximate surface area is 141 Å². The fourth-order valence-corrected chi connectivity index (χ4v) is 2.60. The Hall–Kier alpha value is -2.87. The molecule has 1 unspecified atom stereocenters. The number of ether oxygens (including phenoxy) is 1. The van der Waals surface area contributed by atoms with Crippen LogP contribution in [0.4, 0.5) is 0 Å². The molecule has 0 radical (unpaired) electrons. The first-order valence-corrected chi connectivity index (χ1v) is 7.81. The average molecular weight is 326 g/mol. The van der Waals surface area contributed by atoms with Crippen LogP contribution in [0.25, 0.3) is 0 Å². The summed E-state index contributed by atoms with van der Waals surface area (Å²) in [5.74, 6) is -0.951. The molecule has 2 rings (SSSR count). The van der Waals surface area contributed by atoms with Crippen LogP contribution in [-0.2, 0) is 9.53 Å². The van der Waals surface area contributed by atoms with Crippen LogP contribution in [0.3, 0.4) is 0 Å². The monoisotopic (exact) mass is 326 g/mol. The van der Waals surface area contributed by atoms with Crippen LogP contribution in [0.5, 0.6) is 0 Å². The molecule has 2 aromatic rings. The van der Waals surface area contributed by atoms with Crippen molar-refractivity contribution in [2.24, 2.45) is 0 Å². The lowest BCUT2D eigenvalue weighted by Gasteiger charge is -2.10. The molecule has 0 aliphatic carbocycles. The maximum absolute atomic E-state index is 12.7. The highest BCUT2D eigenvalue weighted by Gasteiger charge is 2.25. The maximum Gasteiger partial charge on any atom is 0.314 e. The van der Waals surface area contributed by atoms with Crippen LogP contribution in [0, 0.1) is 25.2 Å². The van der Waals surface area contributed by atoms with Crippen molar-refractivity contribution in [1.82, 2.24) is 4.98 Å². The zero-order chi connectivity index (χ0) is 17.9. The van der Waals surface area contributed by atoms with Crippen LogP contribution >= 0.6 is 0 Å². The van der Waals surface area contributed by atoms with Gasteiger partial charge in [0.1, 0.15) is 0 Å². The standard InChI is InChI=1S/C19H20N2O3/c1-5-24-19(23)13(4)16-11(2)12(3)17(21-16)18(22)15-8-6-14(10-20)7-9-15/h6-9,13,21H,5H2,1-4H3/i18+2. The highest BCUT2D eigenvalue weighted by atomic mass is 16.5. The van der Waals surface area contributed by atoms with Gasteiger partial charge in [-0.25, -0.2) is 0 Å². The van der Waals surface area contributed by atoms with E-state index in [1.54, 1.807) is 38.1 Å². The second-order valence-electron chi connectivity index (χ2n) is 5.66. The summed E-state index contributed by atoms with van der Waals surface area (Å²) < 4.78 is 5.06. The van der Waals surface area contributed by atoms with Gasteiger partial charge < -0.3 is 9.72 Å². The van der Waals surface area contributed by atoms with Crippen LogP contribution in [0.2, 0.25) is 0 Å². The van der Waals surface area contributed by atoms with Gasteiger partial charge in [-0.05, 0) is 63.1 Å². The number of aromatic nitrogens is 1. The number of hydrogen-bond donors (Lipinski definition) is 1. The lowest BCUT2D eigenvalue weighted by Crippen LogP contribution is -2.14. The average Bonchev–Trinajstić information content (AvgIpc) is 2.89. The van der Waals surface area contributed by atoms with Gasteiger partial charge in [0.2, 0.25) is 5.78 Å². The first-order chi connectivity index (χ1) is 11.4. The molecule has 1 atom stereocenters. The molecule has 24 heavy (non-hydrogen) atoms. The van der Waals surface area contributed by atoms with Crippen molar-refractivity contribution < 1.29 is 14.3 Å². The molecule has 1 aromatic heterocycles. The Morgan fingerprint density at radius 1 is 1.29 bits per heavy atom. The molecule has 0 amide bonds. The number of benzene rings is 1. The first-order valence-electron chi connectivity index (χ1n) is 7.81. The van der Waals surface area contributed by atoms with E-state index in [2.05, 4.69) is 4.98 Å². The minimum absolute atomic E-state index is 0.164. The predicted molar refractivity (Wildman–Crippen MR) is 89.9 cm³/mol. The number of carbonyl (C=O) groups excluding carboxylic acids is 2. The van der Waals surface area contributed by atoms with Crippen molar-refractivity contribution in [3.8, 4) is 6.07 Å². The topological polar surface area (TPSA) is 83.0 Å². The fourth-order valence-electron chi connectivity index (χ4n) is 2.60. The van der Waals surface area contributed by atoms with E-state index in [1.165, 1.54) is 0 Å². The molecule has 0 fully saturated rings. The second-order valence-corrected chi connectivity index (χ2v) is 5.66. The van der Waals surface area contributed by atoms with E-state index in [0.717, 1.165) is 11.1 Å². The number of hydrogen-bond acceptors (Lipinski definition) is 4. The van der Waals surface area contributed by atoms with Crippen LogP contribution in [0.15, 0.2) is 24.3 Å². The Kier molecular flexibility index (Phi) is 5.20. The first kappa shape index (κ1) is 17.5. The zero-order valence-corrected chi connectivity index (χ0v) is 14.3. The van der Waals surface area contributed by atoms with Gasteiger partial charge in [0.05, 0.1) is 29.9 Å². The number of esters is 1. The third kappa shape index (κ3) is 3.23. The van der Waals surface area contributed by atoms with E-state index >= 15 is 0 Å². The Bertz CT molecular complexity index is 810. The number of ketones is 1. The van der Waals surface area contributed by atoms with Crippen LogP contribution < -0.4 is 0 Å². The minimum atomic E-state index is -0.467. The van der Waals surface area contributed by atoms with Crippen LogP contribution in [0.1, 0.15) is 58.2 Å². The van der Waals surface area contributed by atoms with Gasteiger partial charge in [0.15, 0.2) is 0 Å². The minimum Gasteiger partial charge on any atom is -0.465 e. The SMILES string of the molecule is CCOC(=O)C(C)c1[nH]c([14C](=O)c2ccc(C#N)cc2)c(C)c1C. The number of nitrogens with one attached hydrogen (secondary N) is 1. The van der Waals surface area contributed by atoms with Gasteiger partial charge >= 0.3 is 5.97 Å². The van der Waals surface area contributed by atoms with Gasteiger partial charge in [-0.2, -0.15) is 5.26 Å². The molecule has 1 aromatic carbocycles. The highest BCUT2D eigenvalue weighted by molar-refractivity contribution is 6.09. The van der Waals surface area contributed by atoms with Crippen molar-refractivity contribution in [2.75, 3.05) is 6.61 Å². The van der Waals surface area contributed by atoms with Crippen molar-refractivity contribution in [3.05, 3.63) is 57.9 Å². The number of carbonyl (C=O) groups is 2. The second kappa shape index (κ2) is 7.14. The largest absolute Gasteiger partial charge is 0.465 e. The van der Waals surface area contributed by atoms with E-state index < -0.39 is 5.92 Å². The van der Waals surface area contributed by atoms with E-state index in [1.807, 2.05) is 19.9 Å². The van der Waals surface area contributed by atoms with E-state index in [9.17, 15) is 9.59 Å². The fraction of sp³-hybridized carbons (Fsp3) is 0.316. The predicted octanol–water partition coefficient (Wildman–Crippen LogP) is 3.40. The summed E-state index contributed by atoms with van der Waals surface area (Å²) >= 11 is 0. The molecule has 0 spiro atoms. The summed E-state index contributed by atoms with van der Waals surface area (Å²) in [7, 11) is 0. The summed E-state index contributed by atoms with van der Waals surface area (Å²) in [6.07, 6.45) is 0. The van der Waals surface area contributed by atoms with Crippen LogP contribution in [-0.4, -0.2) is 23.3 Å². The third-order valence-corrected chi connectivity index (χ3v) is 4.18. The Morgan fingerprint density at radius 2 is 1.92 bits per heavy atom. The maximum atomic E-state index is 12.7. The Balaban J connectivity index is 2.37. The highest BCUT2D eigenvalue weighted by Crippen LogP contribution is 2.26. The summed E-state index contributed by atoms with van der Waals surface area (Å²) in [6, 6.07) is 8.51. The van der Waals surface area contributed by atoms with E-state index in [0.29, 0.717) is 29.1 Å². The lowest BCUT2D eigenvalue weighted by molar-refractivity contribution is -0.144. The van der Waals surface area contributed by atoms with Crippen molar-refractivity contribution in [2.45, 2.75) is 33.6 Å². The third-order valence-electron chi connectivity index (χ3n) is 4.18. The van der Waals surface area contributed by atoms with E-state index in [-0.39, 0.29) is 11.8 Å². The number of nitriles is 1. The molecule has 5 nitrogen and oxygen atoms in total. The molecule has 0 aliphatic heterocycles. The molecular weight excluding hydrogens is 306 g/mol. The van der Waals surface area contributed by atoms with E-state index in [4.69, 9.17) is 10.00 Å². The normalized spacial score (nSPS) is 11.6. The molecule has 124 valence electrons. The summed E-state index contributed by atoms with van der Waals surface area (Å²) in [5.41, 5.74) is 3.85. The number of aromatic amines is 1. The number of H-pyrrole nitrogens is 1. The smallest absolute Gasteiger partial charge is 0.314 e. The number of rotatable bonds is 5. The summed E-state index contributed by atoms with van der Waals surface area (Å²) in [6.45, 7) is 7.57. The van der Waals surface area contributed by atoms with Crippen molar-refractivity contribution in [3.63, 3.8) is 0 Å². The molecule has 0 aliphatic rings. The molecule has 1 heterocycles. The van der Waals surface area contributed by atoms with Gasteiger partial charge in [-0.15, -0.1) is 0 Å². The van der Waals surface area contributed by atoms with Gasteiger partial charge in [0.25, 0.3) is 0 Å². The van der Waals surface area contributed by atoms with Gasteiger partial charge in [-0.1, -0.05) is 0 Å². The summed E-state index contributed by atoms with van der Waals surface area (Å²) in [4.78, 5) is 27.8. The number of nitrogens with zero attached hydrogens (tertiary/aromatic N) is 1. The molecule has 1 N–H and O–H groups in total. The molecular formula is C19H20N2O3. The lowest BCUT2D eigenvalue weighted by atomic mass is 10.0. The molecule has 0 saturated carbocycles. The van der Waals surface area contributed by atoms with Crippen molar-refractivity contribution >= 4 is 11.8 Å². The van der Waals surface area contributed by atoms with Gasteiger partial charge in [-0.3, -0.25) is 9.59 Å². The zero-order valence-electron chi connectivity index (χ0n) is 14.3. The molecule has 5 heteroatoms. The quantitative estimate of drug-likeness (QED) is 0.674. The Morgan fingerprint density at radius 3 is 2.46 bits per heavy atom. The van der Waals surface area contributed by atoms with Gasteiger partial charge in [0, 0.05) is 11.3 Å². The summed E-state index contributed by atoms with van der Waals surface area (Å²) in [5, 5.41) is 8.84. The van der Waals surface area contributed by atoms with Crippen molar-refractivity contribution in [1.29, 1.82) is 5.26 Å². The molecule has 0 saturated heterocycles. The molecule has 0 bridgehead atoms.